The van der Waals surface area contributed by atoms with Crippen LogP contribution in [0.25, 0.3) is 22.0 Å². The molecule has 4 aromatic carbocycles. The van der Waals surface area contributed by atoms with E-state index in [9.17, 15) is 53.3 Å². The third-order valence-electron chi connectivity index (χ3n) is 7.73. The molecule has 0 atom stereocenters. The lowest BCUT2D eigenvalue weighted by Crippen LogP contribution is -2.29. The number of benzene rings is 4. The van der Waals surface area contributed by atoms with Crippen LogP contribution in [0.4, 0.5) is 11.4 Å². The van der Waals surface area contributed by atoms with Gasteiger partial charge in [-0.2, -0.15) is 25.3 Å². The van der Waals surface area contributed by atoms with E-state index in [-0.39, 0.29) is 49.4 Å². The van der Waals surface area contributed by atoms with Gasteiger partial charge in [0.15, 0.2) is 11.6 Å². The van der Waals surface area contributed by atoms with Crippen LogP contribution in [0.15, 0.2) is 92.3 Å². The number of carbonyl (C=O) groups excluding carboxylic acids is 2. The van der Waals surface area contributed by atoms with E-state index in [2.05, 4.69) is 5.32 Å². The molecule has 0 saturated heterocycles. The number of fused-ring (bicyclic) bond motifs is 2. The highest BCUT2D eigenvalue weighted by Gasteiger charge is 2.35. The summed E-state index contributed by atoms with van der Waals surface area (Å²) in [5, 5.41) is 2.40. The van der Waals surface area contributed by atoms with Crippen molar-refractivity contribution in [2.45, 2.75) is 14.7 Å². The van der Waals surface area contributed by atoms with Gasteiger partial charge >= 0.3 is 0 Å². The maximum Gasteiger partial charge on any atom is 0.296 e. The molecule has 1 aromatic heterocycles. The number of nitrogens with zero attached hydrogens (tertiary/aromatic N) is 1. The topological polar surface area (TPSA) is 231 Å². The number of pyridine rings is 1. The average Bonchev–Trinajstić information content (AvgIpc) is 3.00. The van der Waals surface area contributed by atoms with Gasteiger partial charge in [0.2, 0.25) is 0 Å². The normalized spacial score (nSPS) is 13.0. The number of aryl methyl sites for hydroxylation is 1. The van der Waals surface area contributed by atoms with Crippen LogP contribution >= 0.6 is 11.6 Å². The summed E-state index contributed by atoms with van der Waals surface area (Å²) in [6.45, 7) is 0. The lowest BCUT2D eigenvalue weighted by atomic mass is 9.80. The van der Waals surface area contributed by atoms with Gasteiger partial charge in [0.25, 0.3) is 35.9 Å². The lowest BCUT2D eigenvalue weighted by Gasteiger charge is -2.26. The maximum atomic E-state index is 14.1. The van der Waals surface area contributed by atoms with E-state index in [0.29, 0.717) is 6.07 Å². The molecule has 0 radical (unpaired) electrons. The summed E-state index contributed by atoms with van der Waals surface area (Å²) in [7, 11) is -13.6. The molecule has 0 amide bonds. The fraction of sp³-hybridized carbons (Fsp3) is 0.0333. The Bertz CT molecular complexity index is 2700. The minimum Gasteiger partial charge on any atom is -0.354 e. The number of ketones is 2. The highest BCUT2D eigenvalue weighted by Crippen LogP contribution is 2.44. The summed E-state index contributed by atoms with van der Waals surface area (Å²) in [6, 6.07) is 14.1. The van der Waals surface area contributed by atoms with E-state index in [4.69, 9.17) is 11.6 Å². The van der Waals surface area contributed by atoms with Crippen molar-refractivity contribution in [2.75, 3.05) is 5.32 Å². The predicted octanol–water partition coefficient (Wildman–Crippen LogP) is 4.12. The molecule has 5 aromatic rings. The van der Waals surface area contributed by atoms with Gasteiger partial charge in [-0.15, -0.1) is 0 Å². The van der Waals surface area contributed by atoms with Gasteiger partial charge in [-0.05, 0) is 54.1 Å². The zero-order valence-corrected chi connectivity index (χ0v) is 27.2. The first-order chi connectivity index (χ1) is 22.3. The first kappa shape index (κ1) is 33.2. The summed E-state index contributed by atoms with van der Waals surface area (Å²) < 4.78 is 102. The molecule has 0 spiro atoms. The second-order valence-corrected chi connectivity index (χ2v) is 15.2. The first-order valence-electron chi connectivity index (χ1n) is 13.3. The van der Waals surface area contributed by atoms with Gasteiger partial charge in [0, 0.05) is 29.1 Å². The summed E-state index contributed by atoms with van der Waals surface area (Å²) in [4.78, 5) is 39.5. The third-order valence-corrected chi connectivity index (χ3v) is 10.8. The van der Waals surface area contributed by atoms with Crippen LogP contribution in [0.5, 0.6) is 0 Å². The van der Waals surface area contributed by atoms with Crippen molar-refractivity contribution in [3.8, 4) is 11.1 Å². The summed E-state index contributed by atoms with van der Waals surface area (Å²) in [5.74, 6) is -1.59. The quantitative estimate of drug-likeness (QED) is 0.134. The van der Waals surface area contributed by atoms with Crippen LogP contribution in [-0.4, -0.2) is 55.0 Å². The molecule has 1 aliphatic rings. The van der Waals surface area contributed by atoms with Gasteiger partial charge in [0.1, 0.15) is 9.79 Å². The number of anilines is 2. The number of aromatic nitrogens is 1. The molecule has 1 heterocycles. The molecule has 0 saturated carbocycles. The highest BCUT2D eigenvalue weighted by molar-refractivity contribution is 7.87. The molecule has 14 nitrogen and oxygen atoms in total. The summed E-state index contributed by atoms with van der Waals surface area (Å²) >= 11 is 5.94. The van der Waals surface area contributed by atoms with Gasteiger partial charge in [-0.25, -0.2) is 0 Å². The monoisotopic (exact) mass is 730 g/mol. The highest BCUT2D eigenvalue weighted by atomic mass is 35.5. The zero-order chi connectivity index (χ0) is 35.1. The summed E-state index contributed by atoms with van der Waals surface area (Å²) in [6.07, 6.45) is 0. The molecule has 4 N–H and O–H groups in total. The first-order valence-corrected chi connectivity index (χ1v) is 18.0. The van der Waals surface area contributed by atoms with Gasteiger partial charge in [-0.1, -0.05) is 35.9 Å². The van der Waals surface area contributed by atoms with Crippen molar-refractivity contribution >= 4 is 75.8 Å². The minimum atomic E-state index is -5.12. The Balaban J connectivity index is 1.69. The average molecular weight is 731 g/mol. The smallest absolute Gasteiger partial charge is 0.296 e. The molecule has 18 heteroatoms. The number of carbonyl (C=O) groups is 2. The molecule has 0 fully saturated rings. The van der Waals surface area contributed by atoms with Crippen molar-refractivity contribution in [2.24, 2.45) is 7.05 Å². The van der Waals surface area contributed by atoms with Crippen LogP contribution in [0.3, 0.4) is 0 Å². The molecule has 0 aliphatic heterocycles. The minimum absolute atomic E-state index is 0.00738. The Hall–Kier alpha value is -4.75. The fourth-order valence-corrected chi connectivity index (χ4v) is 7.85. The number of hydrogen-bond acceptors (Lipinski definition) is 10. The van der Waals surface area contributed by atoms with E-state index in [1.54, 1.807) is 6.07 Å². The standard InChI is InChI=1S/C30H19ClN2O12S3/c1-33-21-11-10-20(32-19-9-7-15(46(37,38)39)13-23(19)48(43,44)45)25-26(21)24(16-4-2-3-5-17(16)29(25)35)27(30(33)36)28(34)14-6-8-18(31)22(12-14)47(40,41)42/h2-13,32H,1H3,(H,37,38,39)(H,40,41,42)(H,43,44,45). The largest absolute Gasteiger partial charge is 0.354 e. The van der Waals surface area contributed by atoms with Crippen LogP contribution in [0.1, 0.15) is 31.8 Å². The Morgan fingerprint density at radius 2 is 1.35 bits per heavy atom. The van der Waals surface area contributed by atoms with E-state index in [1.165, 1.54) is 37.4 Å². The zero-order valence-electron chi connectivity index (χ0n) is 24.0. The Kier molecular flexibility index (Phi) is 7.71. The molecule has 1 aliphatic carbocycles. The van der Waals surface area contributed by atoms with Gasteiger partial charge in [-0.3, -0.25) is 28.0 Å². The van der Waals surface area contributed by atoms with Crippen molar-refractivity contribution in [3.05, 3.63) is 110 Å². The molecular weight excluding hydrogens is 712 g/mol. The third kappa shape index (κ3) is 5.40. The van der Waals surface area contributed by atoms with Gasteiger partial charge in [0.05, 0.1) is 37.9 Å². The maximum absolute atomic E-state index is 14.1. The predicted molar refractivity (Wildman–Crippen MR) is 172 cm³/mol. The molecule has 48 heavy (non-hydrogen) atoms. The molecular formula is C30H19ClN2O12S3. The van der Waals surface area contributed by atoms with E-state index in [0.717, 1.165) is 34.9 Å². The van der Waals surface area contributed by atoms with Crippen LogP contribution in [0, 0.1) is 0 Å². The van der Waals surface area contributed by atoms with E-state index in [1.807, 2.05) is 0 Å². The number of rotatable bonds is 7. The Labute approximate surface area is 276 Å². The van der Waals surface area contributed by atoms with Crippen molar-refractivity contribution in [3.63, 3.8) is 0 Å². The lowest BCUT2D eigenvalue weighted by molar-refractivity contribution is 0.102. The fourth-order valence-electron chi connectivity index (χ4n) is 5.60. The molecule has 0 unspecified atom stereocenters. The van der Waals surface area contributed by atoms with Gasteiger partial charge < -0.3 is 9.88 Å². The Morgan fingerprint density at radius 3 is 1.98 bits per heavy atom. The number of hydrogen-bond donors (Lipinski definition) is 4. The van der Waals surface area contributed by atoms with Crippen molar-refractivity contribution in [1.82, 2.24) is 4.57 Å². The number of halogens is 1. The van der Waals surface area contributed by atoms with E-state index >= 15 is 0 Å². The van der Waals surface area contributed by atoms with Crippen LogP contribution in [0.2, 0.25) is 5.02 Å². The number of nitrogens with one attached hydrogen (secondary N) is 1. The molecule has 0 bridgehead atoms. The van der Waals surface area contributed by atoms with Crippen molar-refractivity contribution < 1.29 is 48.5 Å². The molecule has 246 valence electrons. The van der Waals surface area contributed by atoms with Crippen molar-refractivity contribution in [1.29, 1.82) is 0 Å². The summed E-state index contributed by atoms with van der Waals surface area (Å²) in [5.41, 5.74) is -1.86. The van der Waals surface area contributed by atoms with E-state index < -0.39 is 73.4 Å². The second-order valence-electron chi connectivity index (χ2n) is 10.6. The van der Waals surface area contributed by atoms with Crippen LogP contribution < -0.4 is 10.9 Å². The second kappa shape index (κ2) is 11.2. The molecule has 6 rings (SSSR count). The SMILES string of the molecule is Cn1c(=O)c(C(=O)c2ccc(Cl)c(S(=O)(=O)O)c2)c2c3c(c(Nc4ccc(S(=O)(=O)O)cc4S(=O)(=O)O)ccc31)C(=O)c1ccccc1-2. The Morgan fingerprint density at radius 1 is 0.729 bits per heavy atom. The van der Waals surface area contributed by atoms with Crippen LogP contribution in [-0.2, 0) is 37.4 Å².